The van der Waals surface area contributed by atoms with Gasteiger partial charge in [-0.25, -0.2) is 8.42 Å². The number of sulfonamides is 1. The van der Waals surface area contributed by atoms with Crippen molar-refractivity contribution < 1.29 is 22.7 Å². The zero-order valence-corrected chi connectivity index (χ0v) is 21.6. The molecule has 0 aliphatic heterocycles. The van der Waals surface area contributed by atoms with E-state index in [-0.39, 0.29) is 12.5 Å². The molecule has 0 saturated carbocycles. The summed E-state index contributed by atoms with van der Waals surface area (Å²) in [6.45, 7) is 2.72. The zero-order valence-electron chi connectivity index (χ0n) is 19.2. The SMILES string of the molecule is COc1cccc(OCCNC(=O)c2ccc(CN(c3ccc(Br)c(C)c3)S(C)(=O)=O)cc2)c1. The van der Waals surface area contributed by atoms with Crippen LogP contribution in [0.2, 0.25) is 0 Å². The van der Waals surface area contributed by atoms with Crippen molar-refractivity contribution in [1.29, 1.82) is 0 Å². The van der Waals surface area contributed by atoms with Crippen LogP contribution >= 0.6 is 15.9 Å². The molecule has 0 saturated heterocycles. The molecule has 180 valence electrons. The molecule has 0 aliphatic carbocycles. The lowest BCUT2D eigenvalue weighted by atomic mass is 10.1. The summed E-state index contributed by atoms with van der Waals surface area (Å²) in [6, 6.07) is 19.5. The van der Waals surface area contributed by atoms with E-state index in [1.807, 2.05) is 37.3 Å². The van der Waals surface area contributed by atoms with Crippen LogP contribution in [0.4, 0.5) is 5.69 Å². The van der Waals surface area contributed by atoms with Crippen LogP contribution in [-0.2, 0) is 16.6 Å². The molecule has 0 aromatic heterocycles. The van der Waals surface area contributed by atoms with Gasteiger partial charge in [0.25, 0.3) is 5.91 Å². The third kappa shape index (κ3) is 6.98. The van der Waals surface area contributed by atoms with Gasteiger partial charge in [-0.05, 0) is 60.5 Å². The number of ether oxygens (including phenoxy) is 2. The van der Waals surface area contributed by atoms with Crippen LogP contribution in [0.5, 0.6) is 11.5 Å². The molecule has 0 bridgehead atoms. The summed E-state index contributed by atoms with van der Waals surface area (Å²) in [6.07, 6.45) is 1.18. The predicted octanol–water partition coefficient (Wildman–Crippen LogP) is 4.54. The predicted molar refractivity (Wildman–Crippen MR) is 137 cm³/mol. The van der Waals surface area contributed by atoms with Gasteiger partial charge in [-0.3, -0.25) is 9.10 Å². The van der Waals surface area contributed by atoms with Gasteiger partial charge in [-0.2, -0.15) is 0 Å². The summed E-state index contributed by atoms with van der Waals surface area (Å²) < 4.78 is 37.9. The fourth-order valence-electron chi connectivity index (χ4n) is 3.24. The van der Waals surface area contributed by atoms with Crippen molar-refractivity contribution in [2.24, 2.45) is 0 Å². The van der Waals surface area contributed by atoms with E-state index in [0.29, 0.717) is 35.9 Å². The largest absolute Gasteiger partial charge is 0.497 e. The Morgan fingerprint density at radius 2 is 1.74 bits per heavy atom. The van der Waals surface area contributed by atoms with Crippen LogP contribution in [0, 0.1) is 6.92 Å². The van der Waals surface area contributed by atoms with Gasteiger partial charge < -0.3 is 14.8 Å². The van der Waals surface area contributed by atoms with Gasteiger partial charge >= 0.3 is 0 Å². The van der Waals surface area contributed by atoms with Crippen molar-refractivity contribution in [3.63, 3.8) is 0 Å². The Bertz CT molecular complexity index is 1250. The Morgan fingerprint density at radius 1 is 1.03 bits per heavy atom. The lowest BCUT2D eigenvalue weighted by Gasteiger charge is -2.23. The number of nitrogens with zero attached hydrogens (tertiary/aromatic N) is 1. The molecule has 3 aromatic rings. The average molecular weight is 547 g/mol. The summed E-state index contributed by atoms with van der Waals surface area (Å²) >= 11 is 3.44. The van der Waals surface area contributed by atoms with Crippen molar-refractivity contribution in [1.82, 2.24) is 5.32 Å². The summed E-state index contributed by atoms with van der Waals surface area (Å²) in [5.74, 6) is 1.13. The Morgan fingerprint density at radius 3 is 2.38 bits per heavy atom. The first-order valence-corrected chi connectivity index (χ1v) is 13.2. The van der Waals surface area contributed by atoms with Crippen LogP contribution < -0.4 is 19.1 Å². The Balaban J connectivity index is 1.58. The molecule has 0 aliphatic rings. The third-order valence-electron chi connectivity index (χ3n) is 5.07. The molecule has 0 unspecified atom stereocenters. The van der Waals surface area contributed by atoms with Gasteiger partial charge in [0.1, 0.15) is 18.1 Å². The maximum atomic E-state index is 12.4. The minimum absolute atomic E-state index is 0.163. The Labute approximate surface area is 208 Å². The quantitative estimate of drug-likeness (QED) is 0.377. The third-order valence-corrected chi connectivity index (χ3v) is 7.10. The standard InChI is InChI=1S/C25H27BrN2O5S/c1-18-15-21(11-12-24(18)26)28(34(3,30)31)17-19-7-9-20(10-8-19)25(29)27-13-14-33-23-6-4-5-22(16-23)32-2/h4-12,15-16H,13-14,17H2,1-3H3,(H,27,29). The Hall–Kier alpha value is -3.04. The smallest absolute Gasteiger partial charge is 0.251 e. The lowest BCUT2D eigenvalue weighted by Crippen LogP contribution is -2.29. The molecule has 9 heteroatoms. The number of carbonyl (C=O) groups excluding carboxylic acids is 1. The molecule has 0 spiro atoms. The van der Waals surface area contributed by atoms with Gasteiger partial charge in [0.15, 0.2) is 0 Å². The number of amides is 1. The molecular weight excluding hydrogens is 520 g/mol. The van der Waals surface area contributed by atoms with Crippen molar-refractivity contribution in [3.8, 4) is 11.5 Å². The fourth-order valence-corrected chi connectivity index (χ4v) is 4.36. The van der Waals surface area contributed by atoms with E-state index in [2.05, 4.69) is 21.2 Å². The van der Waals surface area contributed by atoms with Crippen LogP contribution in [-0.4, -0.2) is 40.8 Å². The molecular formula is C25H27BrN2O5S. The number of nitrogens with one attached hydrogen (secondary N) is 1. The van der Waals surface area contributed by atoms with Gasteiger partial charge in [0, 0.05) is 16.1 Å². The molecule has 3 rings (SSSR count). The highest BCUT2D eigenvalue weighted by atomic mass is 79.9. The number of hydrogen-bond donors (Lipinski definition) is 1. The van der Waals surface area contributed by atoms with E-state index in [0.717, 1.165) is 15.6 Å². The van der Waals surface area contributed by atoms with Gasteiger partial charge in [0.05, 0.1) is 32.1 Å². The van der Waals surface area contributed by atoms with Crippen molar-refractivity contribution in [2.75, 3.05) is 30.8 Å². The molecule has 34 heavy (non-hydrogen) atoms. The molecule has 1 amide bonds. The highest BCUT2D eigenvalue weighted by Gasteiger charge is 2.19. The zero-order chi connectivity index (χ0) is 24.7. The summed E-state index contributed by atoms with van der Waals surface area (Å²) in [7, 11) is -1.91. The first-order valence-electron chi connectivity index (χ1n) is 10.6. The molecule has 0 fully saturated rings. The van der Waals surface area contributed by atoms with Gasteiger partial charge in [0.2, 0.25) is 10.0 Å². The second kappa shape index (κ2) is 11.4. The van der Waals surface area contributed by atoms with Crippen molar-refractivity contribution >= 4 is 37.5 Å². The topological polar surface area (TPSA) is 84.9 Å². The number of rotatable bonds is 10. The highest BCUT2D eigenvalue weighted by Crippen LogP contribution is 2.26. The number of anilines is 1. The number of benzene rings is 3. The van der Waals surface area contributed by atoms with E-state index in [9.17, 15) is 13.2 Å². The number of halogens is 1. The lowest BCUT2D eigenvalue weighted by molar-refractivity contribution is 0.0947. The van der Waals surface area contributed by atoms with E-state index in [1.54, 1.807) is 43.5 Å². The second-order valence-corrected chi connectivity index (χ2v) is 10.4. The van der Waals surface area contributed by atoms with Crippen LogP contribution in [0.25, 0.3) is 0 Å². The monoisotopic (exact) mass is 546 g/mol. The van der Waals surface area contributed by atoms with Crippen molar-refractivity contribution in [3.05, 3.63) is 87.9 Å². The summed E-state index contributed by atoms with van der Waals surface area (Å²) in [5, 5.41) is 2.81. The van der Waals surface area contributed by atoms with Crippen LogP contribution in [0.1, 0.15) is 21.5 Å². The summed E-state index contributed by atoms with van der Waals surface area (Å²) in [4.78, 5) is 12.4. The average Bonchev–Trinajstić information content (AvgIpc) is 2.82. The van der Waals surface area contributed by atoms with E-state index >= 15 is 0 Å². The summed E-state index contributed by atoms with van der Waals surface area (Å²) in [5.41, 5.74) is 2.77. The molecule has 0 radical (unpaired) electrons. The van der Waals surface area contributed by atoms with Crippen LogP contribution in [0.3, 0.4) is 0 Å². The van der Waals surface area contributed by atoms with E-state index < -0.39 is 10.0 Å². The number of carbonyl (C=O) groups is 1. The number of hydrogen-bond acceptors (Lipinski definition) is 5. The fraction of sp³-hybridized carbons (Fsp3) is 0.240. The minimum Gasteiger partial charge on any atom is -0.497 e. The number of methoxy groups -OCH3 is 1. The number of aryl methyl sites for hydroxylation is 1. The normalized spacial score (nSPS) is 11.1. The highest BCUT2D eigenvalue weighted by molar-refractivity contribution is 9.10. The van der Waals surface area contributed by atoms with Crippen LogP contribution in [0.15, 0.2) is 71.2 Å². The van der Waals surface area contributed by atoms with Gasteiger partial charge in [-0.1, -0.05) is 34.1 Å². The molecule has 1 N–H and O–H groups in total. The van der Waals surface area contributed by atoms with Gasteiger partial charge in [-0.15, -0.1) is 0 Å². The molecule has 0 atom stereocenters. The van der Waals surface area contributed by atoms with E-state index in [4.69, 9.17) is 9.47 Å². The molecule has 7 nitrogen and oxygen atoms in total. The van der Waals surface area contributed by atoms with Crippen molar-refractivity contribution in [2.45, 2.75) is 13.5 Å². The Kier molecular flexibility index (Phi) is 8.57. The second-order valence-electron chi connectivity index (χ2n) is 7.68. The van der Waals surface area contributed by atoms with E-state index in [1.165, 1.54) is 10.6 Å². The molecule has 3 aromatic carbocycles. The first kappa shape index (κ1) is 25.6. The minimum atomic E-state index is -3.50. The maximum Gasteiger partial charge on any atom is 0.251 e. The molecule has 0 heterocycles. The first-order chi connectivity index (χ1) is 16.2. The maximum absolute atomic E-state index is 12.4.